The third-order valence-electron chi connectivity index (χ3n) is 6.85. The van der Waals surface area contributed by atoms with Crippen molar-refractivity contribution in [2.24, 2.45) is 15.9 Å². The van der Waals surface area contributed by atoms with Crippen molar-refractivity contribution in [1.29, 1.82) is 0 Å². The van der Waals surface area contributed by atoms with Crippen molar-refractivity contribution >= 4 is 12.4 Å². The van der Waals surface area contributed by atoms with E-state index in [1.165, 1.54) is 102 Å². The lowest BCUT2D eigenvalue weighted by Gasteiger charge is -2.28. The number of hydrogen-bond donors (Lipinski definition) is 0. The maximum absolute atomic E-state index is 4.44. The summed E-state index contributed by atoms with van der Waals surface area (Å²) in [6.07, 6.45) is 26.3. The van der Waals surface area contributed by atoms with E-state index in [4.69, 9.17) is 0 Å². The minimum Gasteiger partial charge on any atom is -0.0968 e. The van der Waals surface area contributed by atoms with E-state index in [9.17, 15) is 0 Å². The molecule has 0 radical (unpaired) electrons. The molecule has 2 nitrogen and oxygen atoms in total. The minimum atomic E-state index is 0.631. The Kier molecular flexibility index (Phi) is 14.1. The van der Waals surface area contributed by atoms with Crippen molar-refractivity contribution in [3.05, 3.63) is 42.1 Å². The van der Waals surface area contributed by atoms with Gasteiger partial charge in [0.15, 0.2) is 12.4 Å². The highest BCUT2D eigenvalue weighted by atomic mass is 15.0. The average Bonchev–Trinajstić information content (AvgIpc) is 3.32. The monoisotopic (exact) mass is 423 g/mol. The van der Waals surface area contributed by atoms with Crippen molar-refractivity contribution in [2.45, 2.75) is 122 Å². The van der Waals surface area contributed by atoms with Crippen molar-refractivity contribution in [2.75, 3.05) is 0 Å². The van der Waals surface area contributed by atoms with Crippen LogP contribution in [0.2, 0.25) is 0 Å². The van der Waals surface area contributed by atoms with Gasteiger partial charge in [-0.1, -0.05) is 131 Å². The molecular weight excluding hydrogens is 376 g/mol. The summed E-state index contributed by atoms with van der Waals surface area (Å²) in [4.78, 5) is 8.88. The van der Waals surface area contributed by atoms with E-state index in [1.807, 2.05) is 12.4 Å². The number of aliphatic imine (C=N–C) groups is 2. The van der Waals surface area contributed by atoms with E-state index < -0.39 is 0 Å². The standard InChI is InChI=1S/C29H47N2/c1-3-5-7-9-11-14-18-26(19-15-12-10-8-6-4-2)28(27-20-16-13-17-21-27)22-23-29-30-24-25-31-29/h13,16-17,20-21,24-26,28H,3-12,14-15,18-19,22-23H2,1-2H3/q+1. The Morgan fingerprint density at radius 1 is 0.645 bits per heavy atom. The van der Waals surface area contributed by atoms with Gasteiger partial charge in [0.1, 0.15) is 0 Å². The second kappa shape index (κ2) is 17.0. The molecule has 0 amide bonds. The molecule has 2 rings (SSSR count). The summed E-state index contributed by atoms with van der Waals surface area (Å²) in [5.74, 6) is 1.42. The Hall–Kier alpha value is -1.57. The van der Waals surface area contributed by atoms with Gasteiger partial charge in [-0.05, 0) is 36.7 Å². The van der Waals surface area contributed by atoms with Gasteiger partial charge < -0.3 is 0 Å². The fraction of sp³-hybridized carbons (Fsp3) is 0.690. The fourth-order valence-electron chi connectivity index (χ4n) is 4.98. The summed E-state index contributed by atoms with van der Waals surface area (Å²) in [7, 11) is 0. The van der Waals surface area contributed by atoms with Crippen molar-refractivity contribution in [1.82, 2.24) is 0 Å². The first kappa shape index (κ1) is 25.7. The van der Waals surface area contributed by atoms with Crippen molar-refractivity contribution < 1.29 is 0 Å². The largest absolute Gasteiger partial charge is 0.240 e. The highest BCUT2D eigenvalue weighted by molar-refractivity contribution is 6.18. The summed E-state index contributed by atoms with van der Waals surface area (Å²) in [6.45, 7) is 4.61. The number of benzene rings is 1. The van der Waals surface area contributed by atoms with Crippen LogP contribution in [0.25, 0.3) is 0 Å². The molecular formula is C29H47N2+. The van der Waals surface area contributed by atoms with E-state index in [1.54, 1.807) is 0 Å². The topological polar surface area (TPSA) is 24.7 Å². The van der Waals surface area contributed by atoms with Gasteiger partial charge >= 0.3 is 0 Å². The molecule has 31 heavy (non-hydrogen) atoms. The van der Waals surface area contributed by atoms with E-state index in [0.717, 1.165) is 18.5 Å². The first-order valence-electron chi connectivity index (χ1n) is 13.3. The van der Waals surface area contributed by atoms with E-state index in [-0.39, 0.29) is 0 Å². The van der Waals surface area contributed by atoms with Crippen LogP contribution < -0.4 is 0 Å². The smallest absolute Gasteiger partial charge is 0.0968 e. The van der Waals surface area contributed by atoms with Gasteiger partial charge in [-0.25, -0.2) is 0 Å². The third kappa shape index (κ3) is 11.0. The normalized spacial score (nSPS) is 14.1. The second-order valence-corrected chi connectivity index (χ2v) is 9.40. The third-order valence-corrected chi connectivity index (χ3v) is 6.85. The van der Waals surface area contributed by atoms with Crippen LogP contribution >= 0.6 is 0 Å². The zero-order valence-electron chi connectivity index (χ0n) is 20.4. The fourth-order valence-corrected chi connectivity index (χ4v) is 4.98. The quantitative estimate of drug-likeness (QED) is 0.156. The molecule has 1 unspecified atom stereocenters. The summed E-state index contributed by atoms with van der Waals surface area (Å²) >= 11 is 0. The van der Waals surface area contributed by atoms with Crippen molar-refractivity contribution in [3.8, 4) is 0 Å². The Bertz CT molecular complexity index is 564. The van der Waals surface area contributed by atoms with E-state index in [2.05, 4.69) is 54.2 Å². The summed E-state index contributed by atoms with van der Waals surface area (Å²) in [6, 6.07) is 11.3. The van der Waals surface area contributed by atoms with Gasteiger partial charge in [-0.15, -0.1) is 0 Å². The van der Waals surface area contributed by atoms with Crippen LogP contribution in [-0.4, -0.2) is 12.4 Å². The molecule has 0 bridgehead atoms. The Morgan fingerprint density at radius 3 is 1.71 bits per heavy atom. The zero-order valence-corrected chi connectivity index (χ0v) is 20.4. The van der Waals surface area contributed by atoms with E-state index >= 15 is 0 Å². The zero-order chi connectivity index (χ0) is 22.0. The van der Waals surface area contributed by atoms with Gasteiger partial charge in [0.05, 0.1) is 6.42 Å². The molecule has 1 aromatic rings. The number of nitrogens with zero attached hydrogens (tertiary/aromatic N) is 2. The molecule has 0 fully saturated rings. The van der Waals surface area contributed by atoms with Crippen LogP contribution in [-0.2, 0) is 0 Å². The highest BCUT2D eigenvalue weighted by Gasteiger charge is 2.26. The SMILES string of the molecule is CCCCCCCCC(CCCCCCCC)C(CC[C+]1N=CC=N1)c1ccccc1. The summed E-state index contributed by atoms with van der Waals surface area (Å²) < 4.78 is 0. The highest BCUT2D eigenvalue weighted by Crippen LogP contribution is 2.38. The van der Waals surface area contributed by atoms with Gasteiger partial charge in [-0.2, -0.15) is 0 Å². The molecule has 1 aliphatic rings. The van der Waals surface area contributed by atoms with Crippen LogP contribution in [0.4, 0.5) is 0 Å². The predicted octanol–water partition coefficient (Wildman–Crippen LogP) is 9.31. The van der Waals surface area contributed by atoms with Crippen molar-refractivity contribution in [3.63, 3.8) is 0 Å². The second-order valence-electron chi connectivity index (χ2n) is 9.40. The lowest BCUT2D eigenvalue weighted by atomic mass is 9.77. The predicted molar refractivity (Wildman–Crippen MR) is 138 cm³/mol. The van der Waals surface area contributed by atoms with Crippen LogP contribution in [0.1, 0.15) is 128 Å². The lowest BCUT2D eigenvalue weighted by Crippen LogP contribution is -2.15. The molecule has 0 spiro atoms. The van der Waals surface area contributed by atoms with Crippen LogP contribution in [0.3, 0.4) is 0 Å². The van der Waals surface area contributed by atoms with Gasteiger partial charge in [-0.3, -0.25) is 0 Å². The molecule has 1 atom stereocenters. The molecule has 0 saturated carbocycles. The first-order chi connectivity index (χ1) is 15.3. The van der Waals surface area contributed by atoms with E-state index in [0.29, 0.717) is 5.92 Å². The number of hydrogen-bond acceptors (Lipinski definition) is 2. The van der Waals surface area contributed by atoms with Crippen LogP contribution in [0.5, 0.6) is 0 Å². The molecule has 2 heteroatoms. The average molecular weight is 424 g/mol. The summed E-state index contributed by atoms with van der Waals surface area (Å²) in [5, 5.41) is 0. The molecule has 0 N–H and O–H groups in total. The molecule has 172 valence electrons. The Balaban J connectivity index is 1.94. The Morgan fingerprint density at radius 2 is 1.16 bits per heavy atom. The number of rotatable bonds is 19. The minimum absolute atomic E-state index is 0.631. The summed E-state index contributed by atoms with van der Waals surface area (Å²) in [5.41, 5.74) is 1.52. The maximum atomic E-state index is 4.44. The van der Waals surface area contributed by atoms with Gasteiger partial charge in [0, 0.05) is 0 Å². The molecule has 1 aliphatic heterocycles. The van der Waals surface area contributed by atoms with Gasteiger partial charge in [0.2, 0.25) is 6.17 Å². The van der Waals surface area contributed by atoms with Crippen LogP contribution in [0.15, 0.2) is 40.3 Å². The molecule has 0 aliphatic carbocycles. The molecule has 0 aromatic heterocycles. The maximum Gasteiger partial charge on any atom is 0.240 e. The first-order valence-corrected chi connectivity index (χ1v) is 13.3. The Labute approximate surface area is 193 Å². The molecule has 1 aromatic carbocycles. The number of unbranched alkanes of at least 4 members (excludes halogenated alkanes) is 10. The van der Waals surface area contributed by atoms with Crippen LogP contribution in [0, 0.1) is 12.1 Å². The molecule has 0 saturated heterocycles. The lowest BCUT2D eigenvalue weighted by molar-refractivity contribution is 0.325. The molecule has 1 heterocycles. The van der Waals surface area contributed by atoms with Gasteiger partial charge in [0.25, 0.3) is 0 Å².